The van der Waals surface area contributed by atoms with Crippen LogP contribution in [0.1, 0.15) is 21.5 Å². The number of benzene rings is 3. The van der Waals surface area contributed by atoms with Crippen LogP contribution in [0.25, 0.3) is 10.9 Å². The summed E-state index contributed by atoms with van der Waals surface area (Å²) in [5.41, 5.74) is 1.71. The van der Waals surface area contributed by atoms with Crippen molar-refractivity contribution in [2.24, 2.45) is 5.73 Å². The third-order valence-electron chi connectivity index (χ3n) is 5.06. The number of primary amides is 1. The summed E-state index contributed by atoms with van der Waals surface area (Å²) in [6.45, 7) is -0.458. The van der Waals surface area contributed by atoms with E-state index >= 15 is 0 Å². The lowest BCUT2D eigenvalue weighted by atomic mass is 10.1. The Bertz CT molecular complexity index is 1510. The molecule has 0 spiro atoms. The van der Waals surface area contributed by atoms with Crippen LogP contribution in [-0.4, -0.2) is 15.5 Å². The second kappa shape index (κ2) is 8.78. The zero-order valence-corrected chi connectivity index (χ0v) is 17.4. The number of fused-ring (bicyclic) bond motifs is 1. The molecule has 3 aromatic carbocycles. The highest BCUT2D eigenvalue weighted by Crippen LogP contribution is 2.40. The number of aromatic nitrogens is 2. The smallest absolute Gasteiger partial charge is 0.420 e. The summed E-state index contributed by atoms with van der Waals surface area (Å²) in [6, 6.07) is 7.60. The van der Waals surface area contributed by atoms with Gasteiger partial charge in [0.05, 0.1) is 29.3 Å². The van der Waals surface area contributed by atoms with E-state index in [0.717, 1.165) is 30.6 Å². The normalized spacial score (nSPS) is 11.6. The van der Waals surface area contributed by atoms with Crippen molar-refractivity contribution in [2.75, 3.05) is 0 Å². The van der Waals surface area contributed by atoms with Crippen molar-refractivity contribution < 1.29 is 35.9 Å². The van der Waals surface area contributed by atoms with Crippen molar-refractivity contribution in [1.82, 2.24) is 9.55 Å². The minimum Gasteiger partial charge on any atom is -0.457 e. The average molecular weight is 493 g/mol. The maximum atomic E-state index is 14.1. The Kier molecular flexibility index (Phi) is 5.97. The molecular formula is C23H13F6N3O3. The summed E-state index contributed by atoms with van der Waals surface area (Å²) in [4.78, 5) is 27.4. The molecule has 2 N–H and O–H groups in total. The van der Waals surface area contributed by atoms with Crippen LogP contribution in [0.2, 0.25) is 0 Å². The van der Waals surface area contributed by atoms with E-state index in [0.29, 0.717) is 12.1 Å². The van der Waals surface area contributed by atoms with Crippen molar-refractivity contribution in [3.05, 3.63) is 99.4 Å². The molecule has 0 aliphatic carbocycles. The maximum Gasteiger partial charge on any atom is 0.420 e. The van der Waals surface area contributed by atoms with Gasteiger partial charge in [0.1, 0.15) is 34.5 Å². The zero-order chi connectivity index (χ0) is 25.5. The lowest BCUT2D eigenvalue weighted by Gasteiger charge is -2.17. The van der Waals surface area contributed by atoms with Gasteiger partial charge in [0.25, 0.3) is 5.56 Å². The van der Waals surface area contributed by atoms with Gasteiger partial charge in [-0.15, -0.1) is 0 Å². The fraction of sp³-hybridized carbons (Fsp3) is 0.0870. The van der Waals surface area contributed by atoms with Gasteiger partial charge in [0.15, 0.2) is 0 Å². The third-order valence-corrected chi connectivity index (χ3v) is 5.06. The minimum atomic E-state index is -4.98. The monoisotopic (exact) mass is 493 g/mol. The lowest BCUT2D eigenvalue weighted by Crippen LogP contribution is -2.19. The third kappa shape index (κ3) is 4.67. The first-order valence-corrected chi connectivity index (χ1v) is 9.76. The molecule has 0 atom stereocenters. The van der Waals surface area contributed by atoms with Gasteiger partial charge < -0.3 is 15.0 Å². The summed E-state index contributed by atoms with van der Waals surface area (Å²) < 4.78 is 88.7. The van der Waals surface area contributed by atoms with Gasteiger partial charge in [-0.1, -0.05) is 6.07 Å². The summed E-state index contributed by atoms with van der Waals surface area (Å²) >= 11 is 0. The molecule has 0 saturated carbocycles. The number of hydrogen-bond acceptors (Lipinski definition) is 4. The Balaban J connectivity index is 1.78. The number of carbonyl (C=O) groups is 1. The van der Waals surface area contributed by atoms with Crippen LogP contribution in [0.4, 0.5) is 26.3 Å². The Morgan fingerprint density at radius 2 is 1.71 bits per heavy atom. The van der Waals surface area contributed by atoms with Gasteiger partial charge in [-0.3, -0.25) is 9.59 Å². The second-order valence-electron chi connectivity index (χ2n) is 7.35. The van der Waals surface area contributed by atoms with Crippen LogP contribution < -0.4 is 16.0 Å². The molecule has 0 saturated heterocycles. The fourth-order valence-electron chi connectivity index (χ4n) is 3.51. The van der Waals surface area contributed by atoms with E-state index in [1.165, 1.54) is 16.7 Å². The number of carbonyl (C=O) groups excluding carboxylic acids is 1. The summed E-state index contributed by atoms with van der Waals surface area (Å²) in [5.74, 6) is -5.65. The number of nitrogens with two attached hydrogens (primary N) is 1. The van der Waals surface area contributed by atoms with Crippen molar-refractivity contribution in [3.63, 3.8) is 0 Å². The van der Waals surface area contributed by atoms with E-state index in [-0.39, 0.29) is 16.7 Å². The molecule has 0 bridgehead atoms. The van der Waals surface area contributed by atoms with Crippen molar-refractivity contribution in [2.45, 2.75) is 12.7 Å². The molecule has 12 heteroatoms. The summed E-state index contributed by atoms with van der Waals surface area (Å²) in [5, 5.41) is -0.132. The molecule has 1 heterocycles. The van der Waals surface area contributed by atoms with E-state index in [1.807, 2.05) is 0 Å². The summed E-state index contributed by atoms with van der Waals surface area (Å²) in [7, 11) is 0. The van der Waals surface area contributed by atoms with Gasteiger partial charge in [-0.25, -0.2) is 13.2 Å². The van der Waals surface area contributed by atoms with Crippen LogP contribution >= 0.6 is 0 Å². The predicted octanol–water partition coefficient (Wildman–Crippen LogP) is 4.77. The van der Waals surface area contributed by atoms with Crippen LogP contribution in [0, 0.1) is 17.5 Å². The molecule has 0 radical (unpaired) electrons. The van der Waals surface area contributed by atoms with E-state index in [9.17, 15) is 35.9 Å². The van der Waals surface area contributed by atoms with Crippen molar-refractivity contribution >= 4 is 16.8 Å². The molecule has 6 nitrogen and oxygen atoms in total. The van der Waals surface area contributed by atoms with Gasteiger partial charge in [-0.2, -0.15) is 18.2 Å². The van der Waals surface area contributed by atoms with Gasteiger partial charge in [-0.05, 0) is 30.3 Å². The SMILES string of the molecule is NC(=O)c1cccc(Oc2ccc3c(c2)c(=O)ncn3Cc2c(F)cc(F)cc2F)c1C(F)(F)F. The van der Waals surface area contributed by atoms with E-state index < -0.39 is 64.1 Å². The van der Waals surface area contributed by atoms with Crippen molar-refractivity contribution in [1.29, 1.82) is 0 Å². The standard InChI is InChI=1S/C23H13F6N3O3/c24-11-6-16(25)15(17(26)7-11)9-32-10-31-22(34)14-8-12(4-5-18(14)32)35-19-3-1-2-13(21(30)33)20(19)23(27,28)29/h1-8,10H,9H2,(H2,30,33). The highest BCUT2D eigenvalue weighted by atomic mass is 19.4. The van der Waals surface area contributed by atoms with Crippen LogP contribution in [0.5, 0.6) is 11.5 Å². The first kappa shape index (κ1) is 23.8. The molecule has 180 valence electrons. The Morgan fingerprint density at radius 1 is 1.03 bits per heavy atom. The van der Waals surface area contributed by atoms with Gasteiger partial charge in [0.2, 0.25) is 5.91 Å². The Hall–Kier alpha value is -4.35. The molecule has 0 aliphatic heterocycles. The number of halogens is 6. The first-order valence-electron chi connectivity index (χ1n) is 9.76. The molecule has 0 fully saturated rings. The number of rotatable bonds is 5. The average Bonchev–Trinajstić information content (AvgIpc) is 2.77. The lowest BCUT2D eigenvalue weighted by molar-refractivity contribution is -0.138. The quantitative estimate of drug-likeness (QED) is 0.406. The zero-order valence-electron chi connectivity index (χ0n) is 17.4. The molecular weight excluding hydrogens is 480 g/mol. The highest BCUT2D eigenvalue weighted by Gasteiger charge is 2.38. The van der Waals surface area contributed by atoms with E-state index in [1.54, 1.807) is 0 Å². The van der Waals surface area contributed by atoms with Gasteiger partial charge in [0, 0.05) is 17.7 Å². The first-order chi connectivity index (χ1) is 16.5. The molecule has 35 heavy (non-hydrogen) atoms. The Morgan fingerprint density at radius 3 is 2.34 bits per heavy atom. The van der Waals surface area contributed by atoms with Crippen molar-refractivity contribution in [3.8, 4) is 11.5 Å². The van der Waals surface area contributed by atoms with Gasteiger partial charge >= 0.3 is 6.18 Å². The second-order valence-corrected chi connectivity index (χ2v) is 7.35. The highest BCUT2D eigenvalue weighted by molar-refractivity contribution is 5.95. The van der Waals surface area contributed by atoms with Crippen LogP contribution in [-0.2, 0) is 12.7 Å². The number of alkyl halides is 3. The van der Waals surface area contributed by atoms with Crippen LogP contribution in [0.15, 0.2) is 59.7 Å². The summed E-state index contributed by atoms with van der Waals surface area (Å²) in [6.07, 6.45) is -3.96. The number of ether oxygens (including phenoxy) is 1. The molecule has 4 aromatic rings. The predicted molar refractivity (Wildman–Crippen MR) is 111 cm³/mol. The largest absolute Gasteiger partial charge is 0.457 e. The molecule has 4 rings (SSSR count). The molecule has 0 aliphatic rings. The maximum absolute atomic E-state index is 14.1. The molecule has 1 aromatic heterocycles. The number of nitrogens with zero attached hydrogens (tertiary/aromatic N) is 2. The van der Waals surface area contributed by atoms with E-state index in [2.05, 4.69) is 4.98 Å². The Labute approximate surface area is 192 Å². The van der Waals surface area contributed by atoms with Crippen LogP contribution in [0.3, 0.4) is 0 Å². The topological polar surface area (TPSA) is 87.2 Å². The fourth-order valence-corrected chi connectivity index (χ4v) is 3.51. The molecule has 1 amide bonds. The number of amides is 1. The minimum absolute atomic E-state index is 0.127. The van der Waals surface area contributed by atoms with E-state index in [4.69, 9.17) is 10.5 Å². The number of hydrogen-bond donors (Lipinski definition) is 1. The molecule has 0 unspecified atom stereocenters.